The highest BCUT2D eigenvalue weighted by molar-refractivity contribution is 7.12. The van der Waals surface area contributed by atoms with Crippen LogP contribution < -0.4 is 9.47 Å². The molecule has 1 heterocycles. The highest BCUT2D eigenvalue weighted by atomic mass is 32.1. The minimum Gasteiger partial charge on any atom is -0.490 e. The fourth-order valence-electron chi connectivity index (χ4n) is 1.52. The van der Waals surface area contributed by atoms with Gasteiger partial charge in [0.2, 0.25) is 5.75 Å². The summed E-state index contributed by atoms with van der Waals surface area (Å²) in [6, 6.07) is 2.94. The number of nitro groups is 1. The predicted octanol–water partition coefficient (Wildman–Crippen LogP) is 3.29. The van der Waals surface area contributed by atoms with Crippen molar-refractivity contribution in [2.75, 3.05) is 7.11 Å². The van der Waals surface area contributed by atoms with Crippen molar-refractivity contribution in [3.63, 3.8) is 0 Å². The van der Waals surface area contributed by atoms with E-state index in [1.54, 1.807) is 0 Å². The molecular formula is C12H8FNO6S. The third-order valence-electron chi connectivity index (χ3n) is 2.44. The van der Waals surface area contributed by atoms with Gasteiger partial charge in [-0.05, 0) is 0 Å². The van der Waals surface area contributed by atoms with Crippen LogP contribution in [0.15, 0.2) is 23.6 Å². The minimum atomic E-state index is -1.13. The first-order valence-corrected chi connectivity index (χ1v) is 6.32. The van der Waals surface area contributed by atoms with Crippen molar-refractivity contribution in [1.82, 2.24) is 0 Å². The first-order chi connectivity index (χ1) is 9.92. The lowest BCUT2D eigenvalue weighted by atomic mass is 10.2. The smallest absolute Gasteiger partial charge is 0.346 e. The van der Waals surface area contributed by atoms with E-state index in [0.29, 0.717) is 6.07 Å². The second kappa shape index (κ2) is 5.75. The van der Waals surface area contributed by atoms with Gasteiger partial charge in [0.1, 0.15) is 10.6 Å². The van der Waals surface area contributed by atoms with Crippen LogP contribution >= 0.6 is 11.3 Å². The molecule has 0 atom stereocenters. The lowest BCUT2D eigenvalue weighted by Crippen LogP contribution is -1.97. The Balaban J connectivity index is 2.35. The van der Waals surface area contributed by atoms with Gasteiger partial charge in [-0.2, -0.15) is 0 Å². The maximum Gasteiger partial charge on any atom is 0.346 e. The van der Waals surface area contributed by atoms with E-state index in [1.807, 2.05) is 0 Å². The second-order valence-corrected chi connectivity index (χ2v) is 4.68. The Hall–Kier alpha value is -2.68. The Morgan fingerprint density at radius 3 is 2.62 bits per heavy atom. The van der Waals surface area contributed by atoms with Crippen molar-refractivity contribution < 1.29 is 28.7 Å². The lowest BCUT2D eigenvalue weighted by Gasteiger charge is -2.07. The van der Waals surface area contributed by atoms with Crippen LogP contribution in [0.4, 0.5) is 10.1 Å². The van der Waals surface area contributed by atoms with E-state index in [-0.39, 0.29) is 22.1 Å². The number of nitrogens with zero attached hydrogens (tertiary/aromatic N) is 1. The van der Waals surface area contributed by atoms with Crippen molar-refractivity contribution in [2.45, 2.75) is 0 Å². The molecule has 21 heavy (non-hydrogen) atoms. The fraction of sp³-hybridized carbons (Fsp3) is 0.0833. The molecule has 0 fully saturated rings. The van der Waals surface area contributed by atoms with Gasteiger partial charge in [-0.15, -0.1) is 11.3 Å². The van der Waals surface area contributed by atoms with Crippen molar-refractivity contribution >= 4 is 23.0 Å². The summed E-state index contributed by atoms with van der Waals surface area (Å²) in [4.78, 5) is 20.7. The van der Waals surface area contributed by atoms with E-state index in [4.69, 9.17) is 14.6 Å². The Labute approximate surface area is 121 Å². The normalized spacial score (nSPS) is 10.2. The Bertz CT molecular complexity index is 714. The molecule has 9 heteroatoms. The van der Waals surface area contributed by atoms with Crippen LogP contribution in [0, 0.1) is 15.9 Å². The average molecular weight is 313 g/mol. The Morgan fingerprint density at radius 2 is 2.10 bits per heavy atom. The summed E-state index contributed by atoms with van der Waals surface area (Å²) in [6.07, 6.45) is 0. The van der Waals surface area contributed by atoms with Gasteiger partial charge in [-0.25, -0.2) is 9.18 Å². The number of hydrogen-bond acceptors (Lipinski definition) is 6. The molecule has 1 N–H and O–H groups in total. The Kier molecular flexibility index (Phi) is 4.03. The molecule has 0 aliphatic heterocycles. The monoisotopic (exact) mass is 313 g/mol. The highest BCUT2D eigenvalue weighted by Gasteiger charge is 2.21. The molecule has 2 rings (SSSR count). The number of nitro benzene ring substituents is 1. The zero-order valence-corrected chi connectivity index (χ0v) is 11.3. The fourth-order valence-corrected chi connectivity index (χ4v) is 2.16. The summed E-state index contributed by atoms with van der Waals surface area (Å²) in [6.45, 7) is 0. The SMILES string of the molecule is COc1cc(Oc2csc(C(=O)O)c2)c(F)cc1[N+](=O)[O-]. The van der Waals surface area contributed by atoms with Gasteiger partial charge >= 0.3 is 11.7 Å². The van der Waals surface area contributed by atoms with E-state index in [1.165, 1.54) is 18.6 Å². The van der Waals surface area contributed by atoms with Crippen LogP contribution in [-0.4, -0.2) is 23.1 Å². The standard InChI is InChI=1S/C12H8FNO6S/c1-19-10-4-9(7(13)3-8(10)14(17)18)20-6-2-11(12(15)16)21-5-6/h2-5H,1H3,(H,15,16). The molecule has 1 aromatic heterocycles. The quantitative estimate of drug-likeness (QED) is 0.671. The van der Waals surface area contributed by atoms with E-state index in [2.05, 4.69) is 0 Å². The summed E-state index contributed by atoms with van der Waals surface area (Å²) in [5, 5.41) is 20.9. The van der Waals surface area contributed by atoms with E-state index >= 15 is 0 Å². The number of carboxylic acids is 1. The van der Waals surface area contributed by atoms with Gasteiger partial charge in [-0.1, -0.05) is 0 Å². The molecular weight excluding hydrogens is 305 g/mol. The number of carboxylic acid groups (broad SMARTS) is 1. The number of benzene rings is 1. The second-order valence-electron chi connectivity index (χ2n) is 3.77. The van der Waals surface area contributed by atoms with Gasteiger partial charge in [0, 0.05) is 17.5 Å². The average Bonchev–Trinajstić information content (AvgIpc) is 2.89. The molecule has 0 bridgehead atoms. The largest absolute Gasteiger partial charge is 0.490 e. The molecule has 0 radical (unpaired) electrons. The van der Waals surface area contributed by atoms with Crippen LogP contribution in [0.25, 0.3) is 0 Å². The van der Waals surface area contributed by atoms with Crippen molar-refractivity contribution in [1.29, 1.82) is 0 Å². The van der Waals surface area contributed by atoms with Crippen LogP contribution in [-0.2, 0) is 0 Å². The van der Waals surface area contributed by atoms with Crippen LogP contribution in [0.2, 0.25) is 0 Å². The molecule has 0 amide bonds. The number of rotatable bonds is 5. The summed E-state index contributed by atoms with van der Waals surface area (Å²) < 4.78 is 23.8. The third-order valence-corrected chi connectivity index (χ3v) is 3.34. The highest BCUT2D eigenvalue weighted by Crippen LogP contribution is 2.36. The van der Waals surface area contributed by atoms with E-state index in [9.17, 15) is 19.3 Å². The van der Waals surface area contributed by atoms with Crippen molar-refractivity contribution in [3.05, 3.63) is 44.4 Å². The molecule has 0 saturated heterocycles. The minimum absolute atomic E-state index is 0.0271. The Morgan fingerprint density at radius 1 is 1.38 bits per heavy atom. The van der Waals surface area contributed by atoms with Gasteiger partial charge in [0.25, 0.3) is 0 Å². The molecule has 0 saturated carbocycles. The number of halogens is 1. The van der Waals surface area contributed by atoms with Crippen LogP contribution in [0.5, 0.6) is 17.2 Å². The molecule has 0 aliphatic carbocycles. The number of thiophene rings is 1. The predicted molar refractivity (Wildman–Crippen MR) is 71.0 cm³/mol. The number of carbonyl (C=O) groups is 1. The van der Waals surface area contributed by atoms with Crippen molar-refractivity contribution in [3.8, 4) is 17.2 Å². The van der Waals surface area contributed by atoms with Gasteiger partial charge in [0.05, 0.1) is 18.1 Å². The van der Waals surface area contributed by atoms with Gasteiger partial charge in [0.15, 0.2) is 11.6 Å². The number of hydrogen-bond donors (Lipinski definition) is 1. The zero-order valence-electron chi connectivity index (χ0n) is 10.5. The third kappa shape index (κ3) is 3.08. The summed E-state index contributed by atoms with van der Waals surface area (Å²) in [5.74, 6) is -2.42. The summed E-state index contributed by atoms with van der Waals surface area (Å²) >= 11 is 0.914. The van der Waals surface area contributed by atoms with Gasteiger partial charge in [-0.3, -0.25) is 10.1 Å². The first kappa shape index (κ1) is 14.7. The van der Waals surface area contributed by atoms with Crippen LogP contribution in [0.3, 0.4) is 0 Å². The lowest BCUT2D eigenvalue weighted by molar-refractivity contribution is -0.386. The molecule has 1 aromatic carbocycles. The number of aromatic carboxylic acids is 1. The first-order valence-electron chi connectivity index (χ1n) is 5.44. The molecule has 110 valence electrons. The van der Waals surface area contributed by atoms with Gasteiger partial charge < -0.3 is 14.6 Å². The number of ether oxygens (including phenoxy) is 2. The topological polar surface area (TPSA) is 98.9 Å². The zero-order chi connectivity index (χ0) is 15.6. The maximum atomic E-state index is 13.8. The summed E-state index contributed by atoms with van der Waals surface area (Å²) in [7, 11) is 1.21. The number of methoxy groups -OCH3 is 1. The summed E-state index contributed by atoms with van der Waals surface area (Å²) in [5.41, 5.74) is -0.529. The van der Waals surface area contributed by atoms with Crippen LogP contribution in [0.1, 0.15) is 9.67 Å². The molecule has 7 nitrogen and oxygen atoms in total. The molecule has 2 aromatic rings. The molecule has 0 spiro atoms. The van der Waals surface area contributed by atoms with Crippen molar-refractivity contribution in [2.24, 2.45) is 0 Å². The maximum absolute atomic E-state index is 13.8. The molecule has 0 unspecified atom stereocenters. The molecule has 0 aliphatic rings. The van der Waals surface area contributed by atoms with E-state index < -0.39 is 22.4 Å². The van der Waals surface area contributed by atoms with E-state index in [0.717, 1.165) is 17.4 Å².